The summed E-state index contributed by atoms with van der Waals surface area (Å²) in [6, 6.07) is 4.18. The molecule has 0 aliphatic carbocycles. The van der Waals surface area contributed by atoms with Crippen LogP contribution >= 0.6 is 0 Å². The summed E-state index contributed by atoms with van der Waals surface area (Å²) < 4.78 is 0. The van der Waals surface area contributed by atoms with E-state index in [4.69, 9.17) is 5.73 Å². The number of hydrogen-bond acceptors (Lipinski definition) is 4. The van der Waals surface area contributed by atoms with Gasteiger partial charge in [-0.25, -0.2) is 0 Å². The lowest BCUT2D eigenvalue weighted by atomic mass is 10.0. The van der Waals surface area contributed by atoms with E-state index in [9.17, 15) is 0 Å². The normalized spacial score (nSPS) is 18.1. The molecule has 2 heterocycles. The van der Waals surface area contributed by atoms with Crippen LogP contribution in [0, 0.1) is 0 Å². The van der Waals surface area contributed by atoms with Gasteiger partial charge in [-0.2, -0.15) is 0 Å². The second-order valence-electron chi connectivity index (χ2n) is 5.85. The molecule has 0 atom stereocenters. The van der Waals surface area contributed by atoms with Crippen LogP contribution in [0.15, 0.2) is 18.3 Å². The fourth-order valence-electron chi connectivity index (χ4n) is 2.41. The molecule has 0 aromatic carbocycles. The molecule has 18 heavy (non-hydrogen) atoms. The number of anilines is 1. The standard InChI is InChI=1S/C14H24N4/c1-14(2,3)18-8-6-17(7-9-18)13-4-5-16-12(10-13)11-15/h4-5,10H,6-9,11,15H2,1-3H3. The quantitative estimate of drug-likeness (QED) is 0.860. The van der Waals surface area contributed by atoms with Crippen LogP contribution < -0.4 is 10.6 Å². The van der Waals surface area contributed by atoms with Gasteiger partial charge in [0.15, 0.2) is 0 Å². The molecule has 1 aromatic heterocycles. The van der Waals surface area contributed by atoms with Crippen LogP contribution in [-0.4, -0.2) is 41.6 Å². The Labute approximate surface area is 110 Å². The Bertz CT molecular complexity index is 389. The number of hydrogen-bond donors (Lipinski definition) is 1. The molecule has 1 aliphatic heterocycles. The average molecular weight is 248 g/mol. The summed E-state index contributed by atoms with van der Waals surface area (Å²) in [5, 5.41) is 0. The van der Waals surface area contributed by atoms with Gasteiger partial charge in [-0.15, -0.1) is 0 Å². The molecule has 0 saturated carbocycles. The lowest BCUT2D eigenvalue weighted by Crippen LogP contribution is -2.53. The maximum atomic E-state index is 5.64. The maximum absolute atomic E-state index is 5.64. The Hall–Kier alpha value is -1.13. The van der Waals surface area contributed by atoms with Gasteiger partial charge in [0.05, 0.1) is 5.69 Å². The van der Waals surface area contributed by atoms with Crippen molar-refractivity contribution < 1.29 is 0 Å². The number of nitrogens with zero attached hydrogens (tertiary/aromatic N) is 3. The van der Waals surface area contributed by atoms with Crippen molar-refractivity contribution in [1.29, 1.82) is 0 Å². The van der Waals surface area contributed by atoms with E-state index in [1.54, 1.807) is 0 Å². The predicted octanol–water partition coefficient (Wildman–Crippen LogP) is 1.46. The lowest BCUT2D eigenvalue weighted by Gasteiger charge is -2.43. The van der Waals surface area contributed by atoms with Gasteiger partial charge >= 0.3 is 0 Å². The molecule has 4 nitrogen and oxygen atoms in total. The predicted molar refractivity (Wildman–Crippen MR) is 75.7 cm³/mol. The number of rotatable bonds is 2. The summed E-state index contributed by atoms with van der Waals surface area (Å²) in [4.78, 5) is 9.20. The Kier molecular flexibility index (Phi) is 3.88. The molecule has 1 saturated heterocycles. The molecule has 0 spiro atoms. The fraction of sp³-hybridized carbons (Fsp3) is 0.643. The molecule has 1 aromatic rings. The molecular weight excluding hydrogens is 224 g/mol. The van der Waals surface area contributed by atoms with Gasteiger partial charge < -0.3 is 10.6 Å². The van der Waals surface area contributed by atoms with Crippen LogP contribution in [-0.2, 0) is 6.54 Å². The third kappa shape index (κ3) is 3.00. The molecule has 2 rings (SSSR count). The SMILES string of the molecule is CC(C)(C)N1CCN(c2ccnc(CN)c2)CC1. The zero-order valence-corrected chi connectivity index (χ0v) is 11.7. The van der Waals surface area contributed by atoms with Crippen LogP contribution in [0.2, 0.25) is 0 Å². The second kappa shape index (κ2) is 5.24. The number of piperazine rings is 1. The van der Waals surface area contributed by atoms with Gasteiger partial charge in [0.1, 0.15) is 0 Å². The van der Waals surface area contributed by atoms with E-state index in [0.717, 1.165) is 31.9 Å². The first-order valence-electron chi connectivity index (χ1n) is 6.66. The van der Waals surface area contributed by atoms with Crippen molar-refractivity contribution in [2.45, 2.75) is 32.9 Å². The smallest absolute Gasteiger partial charge is 0.0560 e. The summed E-state index contributed by atoms with van der Waals surface area (Å²) in [7, 11) is 0. The second-order valence-corrected chi connectivity index (χ2v) is 5.85. The topological polar surface area (TPSA) is 45.4 Å². The van der Waals surface area contributed by atoms with Crippen molar-refractivity contribution in [3.8, 4) is 0 Å². The van der Waals surface area contributed by atoms with Gasteiger partial charge in [-0.1, -0.05) is 0 Å². The molecule has 2 N–H and O–H groups in total. The monoisotopic (exact) mass is 248 g/mol. The van der Waals surface area contributed by atoms with E-state index >= 15 is 0 Å². The summed E-state index contributed by atoms with van der Waals surface area (Å²) >= 11 is 0. The summed E-state index contributed by atoms with van der Waals surface area (Å²) in [6.45, 7) is 11.7. The molecule has 100 valence electrons. The number of nitrogens with two attached hydrogens (primary N) is 1. The first kappa shape index (κ1) is 13.3. The van der Waals surface area contributed by atoms with Crippen molar-refractivity contribution in [2.24, 2.45) is 5.73 Å². The molecule has 0 bridgehead atoms. The molecule has 0 unspecified atom stereocenters. The minimum Gasteiger partial charge on any atom is -0.369 e. The molecule has 1 aliphatic rings. The summed E-state index contributed by atoms with van der Waals surface area (Å²) in [5.41, 5.74) is 8.12. The highest BCUT2D eigenvalue weighted by Crippen LogP contribution is 2.20. The molecule has 1 fully saturated rings. The molecule has 4 heteroatoms. The van der Waals surface area contributed by atoms with Crippen molar-refractivity contribution in [3.63, 3.8) is 0 Å². The van der Waals surface area contributed by atoms with Crippen molar-refractivity contribution in [2.75, 3.05) is 31.1 Å². The fourth-order valence-corrected chi connectivity index (χ4v) is 2.41. The van der Waals surface area contributed by atoms with Crippen molar-refractivity contribution in [1.82, 2.24) is 9.88 Å². The van der Waals surface area contributed by atoms with Crippen LogP contribution in [0.1, 0.15) is 26.5 Å². The first-order valence-corrected chi connectivity index (χ1v) is 6.66. The van der Waals surface area contributed by atoms with Crippen LogP contribution in [0.3, 0.4) is 0 Å². The van der Waals surface area contributed by atoms with E-state index in [2.05, 4.69) is 47.7 Å². The van der Waals surface area contributed by atoms with Gasteiger partial charge in [-0.3, -0.25) is 9.88 Å². The lowest BCUT2D eigenvalue weighted by molar-refractivity contribution is 0.128. The summed E-state index contributed by atoms with van der Waals surface area (Å²) in [5.74, 6) is 0. The molecular formula is C14H24N4. The highest BCUT2D eigenvalue weighted by molar-refractivity contribution is 5.47. The van der Waals surface area contributed by atoms with E-state index in [0.29, 0.717) is 6.54 Å². The third-order valence-electron chi connectivity index (χ3n) is 3.60. The Morgan fingerprint density at radius 1 is 1.22 bits per heavy atom. The average Bonchev–Trinajstić information content (AvgIpc) is 2.38. The largest absolute Gasteiger partial charge is 0.369 e. The number of aromatic nitrogens is 1. The van der Waals surface area contributed by atoms with E-state index in [-0.39, 0.29) is 5.54 Å². The zero-order valence-electron chi connectivity index (χ0n) is 11.7. The van der Waals surface area contributed by atoms with E-state index in [1.165, 1.54) is 5.69 Å². The van der Waals surface area contributed by atoms with Crippen molar-refractivity contribution in [3.05, 3.63) is 24.0 Å². The van der Waals surface area contributed by atoms with Crippen LogP contribution in [0.25, 0.3) is 0 Å². The van der Waals surface area contributed by atoms with Gasteiger partial charge in [0, 0.05) is 50.1 Å². The Balaban J connectivity index is 2.01. The van der Waals surface area contributed by atoms with Crippen LogP contribution in [0.5, 0.6) is 0 Å². The minimum atomic E-state index is 0.271. The minimum absolute atomic E-state index is 0.271. The van der Waals surface area contributed by atoms with Crippen LogP contribution in [0.4, 0.5) is 5.69 Å². The third-order valence-corrected chi connectivity index (χ3v) is 3.60. The van der Waals surface area contributed by atoms with Gasteiger partial charge in [0.2, 0.25) is 0 Å². The zero-order chi connectivity index (χ0) is 13.2. The highest BCUT2D eigenvalue weighted by atomic mass is 15.3. The Morgan fingerprint density at radius 2 is 1.89 bits per heavy atom. The first-order chi connectivity index (χ1) is 8.50. The molecule has 0 amide bonds. The van der Waals surface area contributed by atoms with E-state index < -0.39 is 0 Å². The highest BCUT2D eigenvalue weighted by Gasteiger charge is 2.25. The van der Waals surface area contributed by atoms with Gasteiger partial charge in [0.25, 0.3) is 0 Å². The Morgan fingerprint density at radius 3 is 2.44 bits per heavy atom. The maximum Gasteiger partial charge on any atom is 0.0560 e. The number of pyridine rings is 1. The summed E-state index contributed by atoms with van der Waals surface area (Å²) in [6.07, 6.45) is 1.85. The van der Waals surface area contributed by atoms with Gasteiger partial charge in [-0.05, 0) is 32.9 Å². The van der Waals surface area contributed by atoms with E-state index in [1.807, 2.05) is 6.20 Å². The van der Waals surface area contributed by atoms with Crippen molar-refractivity contribution >= 4 is 5.69 Å². The molecule has 0 radical (unpaired) electrons.